The predicted octanol–water partition coefficient (Wildman–Crippen LogP) is 1.36. The standard InChI is InChI=1S/C16H26N4O3S/c1-4-6-10-19(3)16(21)14-7-8-15(18-17-14)20(5-2)13-9-11-24(22,23)12-13/h7-8,13H,4-6,9-12H2,1-3H3. The SMILES string of the molecule is CCCCN(C)C(=O)c1ccc(N(CC)C2CCS(=O)(=O)C2)nn1. The number of carbonyl (C=O) groups is 1. The lowest BCUT2D eigenvalue weighted by Crippen LogP contribution is -2.37. The summed E-state index contributed by atoms with van der Waals surface area (Å²) in [6.45, 7) is 5.39. The van der Waals surface area contributed by atoms with Crippen LogP contribution in [0.3, 0.4) is 0 Å². The van der Waals surface area contributed by atoms with Crippen LogP contribution in [0.2, 0.25) is 0 Å². The summed E-state index contributed by atoms with van der Waals surface area (Å²) in [4.78, 5) is 15.9. The van der Waals surface area contributed by atoms with Gasteiger partial charge in [-0.05, 0) is 31.9 Å². The lowest BCUT2D eigenvalue weighted by atomic mass is 10.2. The van der Waals surface area contributed by atoms with Crippen LogP contribution in [0.15, 0.2) is 12.1 Å². The van der Waals surface area contributed by atoms with Crippen LogP contribution in [0.5, 0.6) is 0 Å². The van der Waals surface area contributed by atoms with Crippen molar-refractivity contribution in [2.24, 2.45) is 0 Å². The second-order valence-electron chi connectivity index (χ2n) is 6.20. The van der Waals surface area contributed by atoms with Gasteiger partial charge in [0.15, 0.2) is 21.3 Å². The van der Waals surface area contributed by atoms with Gasteiger partial charge in [0.1, 0.15) is 0 Å². The van der Waals surface area contributed by atoms with Gasteiger partial charge in [-0.2, -0.15) is 0 Å². The van der Waals surface area contributed by atoms with E-state index < -0.39 is 9.84 Å². The molecule has 1 aromatic rings. The molecular formula is C16H26N4O3S. The van der Waals surface area contributed by atoms with E-state index in [1.165, 1.54) is 0 Å². The van der Waals surface area contributed by atoms with Crippen molar-refractivity contribution >= 4 is 21.6 Å². The molecule has 134 valence electrons. The van der Waals surface area contributed by atoms with Gasteiger partial charge < -0.3 is 9.80 Å². The summed E-state index contributed by atoms with van der Waals surface area (Å²) in [5, 5.41) is 8.21. The van der Waals surface area contributed by atoms with E-state index in [0.717, 1.165) is 12.8 Å². The molecule has 24 heavy (non-hydrogen) atoms. The van der Waals surface area contributed by atoms with Crippen LogP contribution in [0.4, 0.5) is 5.82 Å². The first-order valence-electron chi connectivity index (χ1n) is 8.44. The fraction of sp³-hybridized carbons (Fsp3) is 0.688. The van der Waals surface area contributed by atoms with Gasteiger partial charge in [0.2, 0.25) is 0 Å². The minimum absolute atomic E-state index is 0.0666. The van der Waals surface area contributed by atoms with Gasteiger partial charge in [-0.3, -0.25) is 4.79 Å². The number of anilines is 1. The van der Waals surface area contributed by atoms with Gasteiger partial charge in [-0.25, -0.2) is 8.42 Å². The first-order chi connectivity index (χ1) is 11.4. The van der Waals surface area contributed by atoms with E-state index in [4.69, 9.17) is 0 Å². The predicted molar refractivity (Wildman–Crippen MR) is 94.0 cm³/mol. The number of amides is 1. The minimum Gasteiger partial charge on any atom is -0.351 e. The monoisotopic (exact) mass is 354 g/mol. The van der Waals surface area contributed by atoms with Gasteiger partial charge in [0.05, 0.1) is 11.5 Å². The second kappa shape index (κ2) is 7.92. The van der Waals surface area contributed by atoms with Crippen molar-refractivity contribution in [2.45, 2.75) is 39.2 Å². The van der Waals surface area contributed by atoms with E-state index in [1.54, 1.807) is 24.1 Å². The average Bonchev–Trinajstić information content (AvgIpc) is 2.93. The van der Waals surface area contributed by atoms with Crippen molar-refractivity contribution in [3.05, 3.63) is 17.8 Å². The molecule has 1 aliphatic rings. The molecule has 1 saturated heterocycles. The fourth-order valence-corrected chi connectivity index (χ4v) is 4.64. The van der Waals surface area contributed by atoms with Crippen LogP contribution in [0, 0.1) is 0 Å². The van der Waals surface area contributed by atoms with Crippen LogP contribution >= 0.6 is 0 Å². The summed E-state index contributed by atoms with van der Waals surface area (Å²) >= 11 is 0. The second-order valence-corrected chi connectivity index (χ2v) is 8.43. The van der Waals surface area contributed by atoms with Crippen molar-refractivity contribution in [1.82, 2.24) is 15.1 Å². The van der Waals surface area contributed by atoms with E-state index in [0.29, 0.717) is 31.0 Å². The number of sulfone groups is 1. The van der Waals surface area contributed by atoms with Crippen molar-refractivity contribution in [3.8, 4) is 0 Å². The van der Waals surface area contributed by atoms with Gasteiger partial charge in [-0.1, -0.05) is 13.3 Å². The van der Waals surface area contributed by atoms with E-state index in [9.17, 15) is 13.2 Å². The van der Waals surface area contributed by atoms with Crippen molar-refractivity contribution in [2.75, 3.05) is 36.5 Å². The number of nitrogens with zero attached hydrogens (tertiary/aromatic N) is 4. The third-order valence-electron chi connectivity index (χ3n) is 4.35. The Kier molecular flexibility index (Phi) is 6.15. The lowest BCUT2D eigenvalue weighted by Gasteiger charge is -2.27. The molecule has 1 fully saturated rings. The third kappa shape index (κ3) is 4.43. The fourth-order valence-electron chi connectivity index (χ4n) is 2.91. The Morgan fingerprint density at radius 3 is 2.54 bits per heavy atom. The average molecular weight is 354 g/mol. The Labute approximate surface area is 144 Å². The summed E-state index contributed by atoms with van der Waals surface area (Å²) in [5.41, 5.74) is 0.312. The molecule has 7 nitrogen and oxygen atoms in total. The highest BCUT2D eigenvalue weighted by atomic mass is 32.2. The molecule has 1 aliphatic heterocycles. The molecule has 8 heteroatoms. The van der Waals surface area contributed by atoms with E-state index >= 15 is 0 Å². The number of aromatic nitrogens is 2. The van der Waals surface area contributed by atoms with Crippen molar-refractivity contribution < 1.29 is 13.2 Å². The van der Waals surface area contributed by atoms with Crippen LogP contribution in [0.25, 0.3) is 0 Å². The lowest BCUT2D eigenvalue weighted by molar-refractivity contribution is 0.0786. The summed E-state index contributed by atoms with van der Waals surface area (Å²) in [6, 6.07) is 3.35. The van der Waals surface area contributed by atoms with E-state index in [-0.39, 0.29) is 23.5 Å². The molecule has 0 N–H and O–H groups in total. The Morgan fingerprint density at radius 1 is 1.29 bits per heavy atom. The van der Waals surface area contributed by atoms with Gasteiger partial charge in [0.25, 0.3) is 5.91 Å². The maximum absolute atomic E-state index is 12.3. The maximum Gasteiger partial charge on any atom is 0.274 e. The van der Waals surface area contributed by atoms with E-state index in [2.05, 4.69) is 17.1 Å². The molecule has 0 spiro atoms. The summed E-state index contributed by atoms with van der Waals surface area (Å²) in [7, 11) is -1.19. The Hall–Kier alpha value is -1.70. The normalized spacial score (nSPS) is 19.2. The maximum atomic E-state index is 12.3. The number of hydrogen-bond donors (Lipinski definition) is 0. The Morgan fingerprint density at radius 2 is 2.04 bits per heavy atom. The largest absolute Gasteiger partial charge is 0.351 e. The molecule has 0 bridgehead atoms. The van der Waals surface area contributed by atoms with Crippen molar-refractivity contribution in [3.63, 3.8) is 0 Å². The molecule has 2 rings (SSSR count). The summed E-state index contributed by atoms with van der Waals surface area (Å²) in [6.07, 6.45) is 2.59. The molecule has 0 saturated carbocycles. The molecule has 1 atom stereocenters. The van der Waals surface area contributed by atoms with Crippen LogP contribution < -0.4 is 4.90 Å². The molecule has 2 heterocycles. The molecule has 0 aliphatic carbocycles. The summed E-state index contributed by atoms with van der Waals surface area (Å²) in [5.74, 6) is 0.852. The third-order valence-corrected chi connectivity index (χ3v) is 6.10. The minimum atomic E-state index is -2.95. The number of unbranched alkanes of at least 4 members (excludes halogenated alkanes) is 1. The molecule has 0 radical (unpaired) electrons. The zero-order valence-electron chi connectivity index (χ0n) is 14.6. The molecule has 0 aromatic carbocycles. The first kappa shape index (κ1) is 18.6. The van der Waals surface area contributed by atoms with Gasteiger partial charge >= 0.3 is 0 Å². The van der Waals surface area contributed by atoms with Gasteiger partial charge in [-0.15, -0.1) is 10.2 Å². The number of rotatable bonds is 7. The molecule has 1 amide bonds. The van der Waals surface area contributed by atoms with E-state index in [1.807, 2.05) is 11.8 Å². The number of hydrogen-bond acceptors (Lipinski definition) is 6. The highest BCUT2D eigenvalue weighted by Gasteiger charge is 2.32. The highest BCUT2D eigenvalue weighted by molar-refractivity contribution is 7.91. The molecular weight excluding hydrogens is 328 g/mol. The van der Waals surface area contributed by atoms with Gasteiger partial charge in [0, 0.05) is 26.2 Å². The quantitative estimate of drug-likeness (QED) is 0.735. The molecule has 1 aromatic heterocycles. The van der Waals surface area contributed by atoms with Crippen LogP contribution in [0.1, 0.15) is 43.6 Å². The Bertz CT molecular complexity index is 660. The van der Waals surface area contributed by atoms with Crippen LogP contribution in [-0.4, -0.2) is 67.1 Å². The zero-order chi connectivity index (χ0) is 17.7. The Balaban J connectivity index is 2.08. The highest BCUT2D eigenvalue weighted by Crippen LogP contribution is 2.22. The van der Waals surface area contributed by atoms with Crippen LogP contribution in [-0.2, 0) is 9.84 Å². The zero-order valence-corrected chi connectivity index (χ0v) is 15.4. The smallest absolute Gasteiger partial charge is 0.274 e. The topological polar surface area (TPSA) is 83.5 Å². The first-order valence-corrected chi connectivity index (χ1v) is 10.3. The molecule has 1 unspecified atom stereocenters. The number of carbonyl (C=O) groups excluding carboxylic acids is 1. The van der Waals surface area contributed by atoms with Crippen molar-refractivity contribution in [1.29, 1.82) is 0 Å². The summed E-state index contributed by atoms with van der Waals surface area (Å²) < 4.78 is 23.4.